The van der Waals surface area contributed by atoms with Crippen LogP contribution in [0.1, 0.15) is 83.5 Å². The molecule has 1 saturated carbocycles. The highest BCUT2D eigenvalue weighted by molar-refractivity contribution is 5.96. The molecule has 2 aliphatic heterocycles. The molecule has 1 aliphatic carbocycles. The minimum atomic E-state index is -4.41. The maximum Gasteiger partial charge on any atom is 0.416 e. The number of nitrogens with zero attached hydrogens (tertiary/aromatic N) is 2. The average molecular weight is 643 g/mol. The molecule has 2 heterocycles. The lowest BCUT2D eigenvalue weighted by atomic mass is 9.77. The molecular formula is C36H46ClF3N4O. The standard InChI is InChI=1S/C24H27F3N2O.C12H18N2.ClH/c1-29-14-6-13-23(16-29,18-9-3-2-4-10-18)28-22(30)20-12-11-19(24(25,26)27)15-21(20)17-7-5-8-17;1-14-9-5-8-12(13,10-14)11-6-3-2-4-7-11;/h2-4,9-12,15,17H,5-8,13-14,16H2,1H3,(H,28,30);2-4,6-7H,5,8-10,13H2,1H3;1H. The minimum absolute atomic E-state index is 0. The number of halogens is 4. The number of amides is 1. The van der Waals surface area contributed by atoms with Crippen LogP contribution in [0, 0.1) is 0 Å². The zero-order valence-electron chi connectivity index (χ0n) is 26.3. The molecule has 9 heteroatoms. The second-order valence-electron chi connectivity index (χ2n) is 13.0. The van der Waals surface area contributed by atoms with Crippen molar-refractivity contribution >= 4 is 18.3 Å². The Labute approximate surface area is 271 Å². The van der Waals surface area contributed by atoms with Gasteiger partial charge in [0.15, 0.2) is 0 Å². The van der Waals surface area contributed by atoms with E-state index in [1.54, 1.807) is 0 Å². The quantitative estimate of drug-likeness (QED) is 0.306. The summed E-state index contributed by atoms with van der Waals surface area (Å²) in [4.78, 5) is 17.9. The molecule has 6 rings (SSSR count). The predicted octanol–water partition coefficient (Wildman–Crippen LogP) is 7.31. The lowest BCUT2D eigenvalue weighted by Gasteiger charge is -2.43. The highest BCUT2D eigenvalue weighted by Crippen LogP contribution is 2.41. The molecule has 0 radical (unpaired) electrons. The van der Waals surface area contributed by atoms with Gasteiger partial charge in [0.25, 0.3) is 5.91 Å². The maximum atomic E-state index is 13.4. The van der Waals surface area contributed by atoms with Crippen molar-refractivity contribution in [3.63, 3.8) is 0 Å². The molecule has 0 spiro atoms. The fraction of sp³-hybridized carbons (Fsp3) is 0.472. The van der Waals surface area contributed by atoms with Crippen LogP contribution in [0.15, 0.2) is 78.9 Å². The van der Waals surface area contributed by atoms with Crippen LogP contribution in [0.3, 0.4) is 0 Å². The number of likely N-dealkylation sites (N-methyl/N-ethyl adjacent to an activating group) is 2. The first-order valence-electron chi connectivity index (χ1n) is 15.8. The van der Waals surface area contributed by atoms with E-state index in [1.807, 2.05) is 43.4 Å². The van der Waals surface area contributed by atoms with E-state index in [0.29, 0.717) is 17.7 Å². The van der Waals surface area contributed by atoms with Crippen LogP contribution >= 0.6 is 12.4 Å². The summed E-state index contributed by atoms with van der Waals surface area (Å²) in [5.74, 6) is -0.264. The zero-order valence-corrected chi connectivity index (χ0v) is 27.1. The van der Waals surface area contributed by atoms with Gasteiger partial charge in [-0.1, -0.05) is 67.1 Å². The van der Waals surface area contributed by atoms with Crippen LogP contribution in [0.2, 0.25) is 0 Å². The number of carbonyl (C=O) groups excluding carboxylic acids is 1. The van der Waals surface area contributed by atoms with Crippen molar-refractivity contribution in [2.75, 3.05) is 40.3 Å². The van der Waals surface area contributed by atoms with Crippen molar-refractivity contribution in [2.24, 2.45) is 5.73 Å². The number of hydrogen-bond donors (Lipinski definition) is 2. The van der Waals surface area contributed by atoms with Gasteiger partial charge in [-0.3, -0.25) is 4.79 Å². The molecule has 0 aromatic heterocycles. The van der Waals surface area contributed by atoms with Crippen LogP contribution in [-0.2, 0) is 17.3 Å². The molecule has 3 aromatic carbocycles. The fourth-order valence-electron chi connectivity index (χ4n) is 7.03. The van der Waals surface area contributed by atoms with Crippen molar-refractivity contribution < 1.29 is 18.0 Å². The van der Waals surface area contributed by atoms with E-state index in [2.05, 4.69) is 46.4 Å². The molecule has 3 fully saturated rings. The van der Waals surface area contributed by atoms with Gasteiger partial charge < -0.3 is 20.9 Å². The SMILES string of the molecule is CN1CCCC(N)(c2ccccc2)C1.CN1CCCC(NC(=O)c2ccc(C(F)(F)F)cc2C2CCC2)(c2ccccc2)C1.Cl. The van der Waals surface area contributed by atoms with Gasteiger partial charge in [0.2, 0.25) is 0 Å². The summed E-state index contributed by atoms with van der Waals surface area (Å²) in [7, 11) is 4.17. The summed E-state index contributed by atoms with van der Waals surface area (Å²) in [6, 6.07) is 23.9. The van der Waals surface area contributed by atoms with Crippen LogP contribution < -0.4 is 11.1 Å². The molecule has 5 nitrogen and oxygen atoms in total. The number of likely N-dealkylation sites (tertiary alicyclic amines) is 2. The monoisotopic (exact) mass is 642 g/mol. The minimum Gasteiger partial charge on any atom is -0.341 e. The molecule has 244 valence electrons. The summed E-state index contributed by atoms with van der Waals surface area (Å²) in [5.41, 5.74) is 8.26. The number of piperidine rings is 2. The zero-order chi connectivity index (χ0) is 31.4. The van der Waals surface area contributed by atoms with Gasteiger partial charge >= 0.3 is 6.18 Å². The lowest BCUT2D eigenvalue weighted by molar-refractivity contribution is -0.137. The van der Waals surface area contributed by atoms with Gasteiger partial charge in [0.05, 0.1) is 16.6 Å². The first-order chi connectivity index (χ1) is 21.0. The lowest BCUT2D eigenvalue weighted by Crippen LogP contribution is -2.55. The second-order valence-corrected chi connectivity index (χ2v) is 13.0. The Kier molecular flexibility index (Phi) is 11.4. The first-order valence-corrected chi connectivity index (χ1v) is 15.8. The van der Waals surface area contributed by atoms with E-state index in [-0.39, 0.29) is 29.8 Å². The highest BCUT2D eigenvalue weighted by atomic mass is 35.5. The molecule has 0 bridgehead atoms. The Morgan fingerprint density at radius 2 is 1.40 bits per heavy atom. The summed E-state index contributed by atoms with van der Waals surface area (Å²) >= 11 is 0. The summed E-state index contributed by atoms with van der Waals surface area (Å²) < 4.78 is 39.8. The number of benzene rings is 3. The molecule has 2 unspecified atom stereocenters. The Bertz CT molecular complexity index is 1400. The molecule has 3 aliphatic rings. The number of rotatable bonds is 5. The van der Waals surface area contributed by atoms with Gasteiger partial charge in [0, 0.05) is 18.7 Å². The molecule has 2 saturated heterocycles. The molecule has 3 aromatic rings. The molecule has 45 heavy (non-hydrogen) atoms. The Morgan fingerprint density at radius 3 is 1.93 bits per heavy atom. The smallest absolute Gasteiger partial charge is 0.341 e. The van der Waals surface area contributed by atoms with E-state index < -0.39 is 17.3 Å². The van der Waals surface area contributed by atoms with Crippen molar-refractivity contribution in [1.82, 2.24) is 15.1 Å². The Balaban J connectivity index is 0.000000258. The van der Waals surface area contributed by atoms with Gasteiger partial charge in [-0.15, -0.1) is 12.4 Å². The van der Waals surface area contributed by atoms with Crippen molar-refractivity contribution in [3.8, 4) is 0 Å². The number of nitrogens with one attached hydrogen (secondary N) is 1. The second kappa shape index (κ2) is 14.7. The average Bonchev–Trinajstić information content (AvgIpc) is 2.97. The highest BCUT2D eigenvalue weighted by Gasteiger charge is 2.39. The number of alkyl halides is 3. The first kappa shape index (κ1) is 35.0. The van der Waals surface area contributed by atoms with Crippen LogP contribution in [-0.4, -0.2) is 56.0 Å². The van der Waals surface area contributed by atoms with E-state index in [0.717, 1.165) is 63.2 Å². The van der Waals surface area contributed by atoms with Crippen molar-refractivity contribution in [1.29, 1.82) is 0 Å². The Morgan fingerprint density at radius 1 is 0.822 bits per heavy atom. The predicted molar refractivity (Wildman–Crippen MR) is 177 cm³/mol. The number of hydrogen-bond acceptors (Lipinski definition) is 4. The molecular weight excluding hydrogens is 597 g/mol. The fourth-order valence-corrected chi connectivity index (χ4v) is 7.03. The van der Waals surface area contributed by atoms with Crippen molar-refractivity contribution in [2.45, 2.75) is 68.1 Å². The van der Waals surface area contributed by atoms with E-state index in [9.17, 15) is 18.0 Å². The molecule has 1 amide bonds. The summed E-state index contributed by atoms with van der Waals surface area (Å²) in [6.45, 7) is 3.77. The van der Waals surface area contributed by atoms with Crippen LogP contribution in [0.25, 0.3) is 0 Å². The van der Waals surface area contributed by atoms with E-state index >= 15 is 0 Å². The summed E-state index contributed by atoms with van der Waals surface area (Å²) in [6.07, 6.45) is 2.26. The third-order valence-electron chi connectivity index (χ3n) is 9.59. The number of nitrogens with two attached hydrogens (primary N) is 1. The normalized spacial score (nSPS) is 24.4. The third kappa shape index (κ3) is 8.28. The van der Waals surface area contributed by atoms with Crippen molar-refractivity contribution in [3.05, 3.63) is 107 Å². The van der Waals surface area contributed by atoms with E-state index in [4.69, 9.17) is 5.73 Å². The van der Waals surface area contributed by atoms with Gasteiger partial charge in [-0.2, -0.15) is 13.2 Å². The summed E-state index contributed by atoms with van der Waals surface area (Å²) in [5, 5.41) is 3.24. The van der Waals surface area contributed by atoms with Crippen LogP contribution in [0.5, 0.6) is 0 Å². The Hall–Kier alpha value is -2.91. The van der Waals surface area contributed by atoms with Gasteiger partial charge in [-0.05, 0) is 107 Å². The maximum absolute atomic E-state index is 13.4. The largest absolute Gasteiger partial charge is 0.416 e. The number of carbonyl (C=O) groups is 1. The molecule has 2 atom stereocenters. The third-order valence-corrected chi connectivity index (χ3v) is 9.59. The van der Waals surface area contributed by atoms with Gasteiger partial charge in [-0.25, -0.2) is 0 Å². The molecule has 3 N–H and O–H groups in total. The van der Waals surface area contributed by atoms with E-state index in [1.165, 1.54) is 30.7 Å². The van der Waals surface area contributed by atoms with Crippen LogP contribution in [0.4, 0.5) is 13.2 Å². The topological polar surface area (TPSA) is 61.6 Å². The van der Waals surface area contributed by atoms with Gasteiger partial charge in [0.1, 0.15) is 0 Å².